The van der Waals surface area contributed by atoms with Gasteiger partial charge in [-0.2, -0.15) is 0 Å². The zero-order valence-electron chi connectivity index (χ0n) is 31.1. The Kier molecular flexibility index (Phi) is 10.8. The number of carbonyl (C=O) groups excluding carboxylic acids is 2. The number of benzene rings is 7. The summed E-state index contributed by atoms with van der Waals surface area (Å²) in [5.74, 6) is -0.149. The van der Waals surface area contributed by atoms with E-state index in [9.17, 15) is 9.59 Å². The number of carbonyl (C=O) groups is 2. The number of rotatable bonds is 10. The van der Waals surface area contributed by atoms with E-state index in [1.807, 2.05) is 112 Å². The molecule has 7 aromatic rings. The number of hydrogen-bond donors (Lipinski definition) is 2. The average molecular weight is 715 g/mol. The Hall–Kier alpha value is -6.93. The summed E-state index contributed by atoms with van der Waals surface area (Å²) in [7, 11) is 1.97. The first-order valence-electron chi connectivity index (χ1n) is 17.7. The Morgan fingerprint density at radius 1 is 0.667 bits per heavy atom. The van der Waals surface area contributed by atoms with Crippen molar-refractivity contribution in [2.45, 2.75) is 27.7 Å². The summed E-state index contributed by atoms with van der Waals surface area (Å²) >= 11 is 0. The lowest BCUT2D eigenvalue weighted by Crippen LogP contribution is -2.25. The Morgan fingerprint density at radius 3 is 1.81 bits per heavy atom. The fraction of sp³-hybridized carbons (Fsp3) is 0.109. The number of nitrogens with one attached hydrogen (secondary N) is 2. The van der Waals surface area contributed by atoms with Gasteiger partial charge in [-0.15, -0.1) is 0 Å². The van der Waals surface area contributed by atoms with Gasteiger partial charge in [-0.05, 0) is 84.8 Å². The van der Waals surface area contributed by atoms with Crippen LogP contribution in [0.1, 0.15) is 25.0 Å². The fourth-order valence-corrected chi connectivity index (χ4v) is 6.93. The standard InChI is InChI=1S/C44H36N4O4.C2H6/c1-7-38(49)51-36-17-11-15-33-40(36)32-24-19-26(3)25-35(32)43(42(33)45-5)46-28-20-22-29(23-21-28)47-48(6)44-27(4)30-13-9-10-14-31(30)41-34(44)16-12-18-37(41)52-39(50)8-2;1-2/h7-25,46-47H,1-2,5H2,3-4,6H3;1-2H3. The molecule has 0 fully saturated rings. The molecule has 0 unspecified atom stereocenters. The SMILES string of the molecule is C=CC(=O)Oc1cccc2c(N=C)c(Nc3ccc(NN(C)c4c(C)c5ccccc5c5c(OC(=O)C=C)cccc45)cc3)c3cc(C)ccc3c12.CC. The van der Waals surface area contributed by atoms with Gasteiger partial charge in [0.05, 0.1) is 22.7 Å². The lowest BCUT2D eigenvalue weighted by atomic mass is 9.95. The van der Waals surface area contributed by atoms with Crippen LogP contribution in [0.15, 0.2) is 133 Å². The molecule has 0 aliphatic carbocycles. The van der Waals surface area contributed by atoms with E-state index in [0.717, 1.165) is 83.0 Å². The quantitative estimate of drug-likeness (QED) is 0.0364. The minimum absolute atomic E-state index is 0.427. The molecule has 7 aromatic carbocycles. The van der Waals surface area contributed by atoms with Crippen molar-refractivity contribution in [1.29, 1.82) is 0 Å². The van der Waals surface area contributed by atoms with Crippen LogP contribution in [0.4, 0.5) is 28.4 Å². The maximum Gasteiger partial charge on any atom is 0.335 e. The van der Waals surface area contributed by atoms with E-state index < -0.39 is 11.9 Å². The Labute approximate surface area is 315 Å². The summed E-state index contributed by atoms with van der Waals surface area (Å²) in [6, 6.07) is 33.5. The zero-order valence-corrected chi connectivity index (χ0v) is 31.1. The van der Waals surface area contributed by atoms with E-state index in [-0.39, 0.29) is 0 Å². The number of esters is 2. The van der Waals surface area contributed by atoms with Crippen LogP contribution in [0.25, 0.3) is 43.1 Å². The second-order valence-electron chi connectivity index (χ2n) is 12.4. The summed E-state index contributed by atoms with van der Waals surface area (Å²) < 4.78 is 11.4. The molecule has 0 atom stereocenters. The van der Waals surface area contributed by atoms with Gasteiger partial charge in [0.2, 0.25) is 0 Å². The molecule has 8 nitrogen and oxygen atoms in total. The lowest BCUT2D eigenvalue weighted by Gasteiger charge is -2.27. The first-order chi connectivity index (χ1) is 26.2. The normalized spacial score (nSPS) is 10.7. The summed E-state index contributed by atoms with van der Waals surface area (Å²) in [5.41, 5.74) is 9.76. The van der Waals surface area contributed by atoms with Crippen LogP contribution in [0, 0.1) is 13.8 Å². The summed E-state index contributed by atoms with van der Waals surface area (Å²) in [6.07, 6.45) is 2.31. The Bertz CT molecular complexity index is 2610. The number of ether oxygens (including phenoxy) is 2. The topological polar surface area (TPSA) is 92.3 Å². The molecule has 270 valence electrons. The van der Waals surface area contributed by atoms with Gasteiger partial charge in [-0.3, -0.25) is 15.4 Å². The summed E-state index contributed by atoms with van der Waals surface area (Å²) in [6.45, 7) is 19.1. The van der Waals surface area contributed by atoms with Crippen molar-refractivity contribution in [2.75, 3.05) is 22.8 Å². The molecule has 7 rings (SSSR count). The molecule has 0 aliphatic rings. The van der Waals surface area contributed by atoms with Crippen molar-refractivity contribution in [3.8, 4) is 11.5 Å². The lowest BCUT2D eigenvalue weighted by molar-refractivity contribution is -0.129. The Morgan fingerprint density at radius 2 is 1.20 bits per heavy atom. The van der Waals surface area contributed by atoms with Crippen molar-refractivity contribution >= 4 is 90.2 Å². The third-order valence-electron chi connectivity index (χ3n) is 9.17. The zero-order chi connectivity index (χ0) is 38.5. The summed E-state index contributed by atoms with van der Waals surface area (Å²) in [4.78, 5) is 29.0. The molecule has 0 aromatic heterocycles. The van der Waals surface area contributed by atoms with Gasteiger partial charge in [0, 0.05) is 51.8 Å². The molecule has 0 radical (unpaired) electrons. The second-order valence-corrected chi connectivity index (χ2v) is 12.4. The molecule has 2 N–H and O–H groups in total. The van der Waals surface area contributed by atoms with Gasteiger partial charge in [0.25, 0.3) is 0 Å². The smallest absolute Gasteiger partial charge is 0.335 e. The van der Waals surface area contributed by atoms with Gasteiger partial charge in [0.1, 0.15) is 11.5 Å². The van der Waals surface area contributed by atoms with E-state index in [2.05, 4.69) is 54.7 Å². The molecule has 0 heterocycles. The van der Waals surface area contributed by atoms with Gasteiger partial charge < -0.3 is 14.8 Å². The van der Waals surface area contributed by atoms with Crippen LogP contribution in [-0.4, -0.2) is 25.7 Å². The number of fused-ring (bicyclic) bond motifs is 6. The first-order valence-corrected chi connectivity index (χ1v) is 17.7. The van der Waals surface area contributed by atoms with Crippen molar-refractivity contribution in [2.24, 2.45) is 4.99 Å². The third kappa shape index (κ3) is 6.85. The van der Waals surface area contributed by atoms with Crippen LogP contribution in [-0.2, 0) is 9.59 Å². The van der Waals surface area contributed by atoms with Gasteiger partial charge in [-0.1, -0.05) is 93.2 Å². The maximum absolute atomic E-state index is 12.3. The predicted octanol–water partition coefficient (Wildman–Crippen LogP) is 11.7. The minimum Gasteiger partial charge on any atom is -0.423 e. The molecule has 0 spiro atoms. The minimum atomic E-state index is -0.537. The fourth-order valence-electron chi connectivity index (χ4n) is 6.93. The molecule has 8 heteroatoms. The van der Waals surface area contributed by atoms with Crippen LogP contribution >= 0.6 is 0 Å². The maximum atomic E-state index is 12.3. The van der Waals surface area contributed by atoms with Crippen LogP contribution in [0.3, 0.4) is 0 Å². The van der Waals surface area contributed by atoms with E-state index >= 15 is 0 Å². The van der Waals surface area contributed by atoms with Gasteiger partial charge in [0.15, 0.2) is 0 Å². The molecule has 54 heavy (non-hydrogen) atoms. The highest BCUT2D eigenvalue weighted by Crippen LogP contribution is 2.47. The number of hydrogen-bond acceptors (Lipinski definition) is 8. The van der Waals surface area contributed by atoms with Crippen molar-refractivity contribution in [1.82, 2.24) is 0 Å². The van der Waals surface area contributed by atoms with Crippen LogP contribution < -0.4 is 25.2 Å². The van der Waals surface area contributed by atoms with Crippen LogP contribution in [0.5, 0.6) is 11.5 Å². The molecule has 0 aliphatic heterocycles. The number of anilines is 4. The van der Waals surface area contributed by atoms with Crippen molar-refractivity contribution < 1.29 is 19.1 Å². The monoisotopic (exact) mass is 714 g/mol. The van der Waals surface area contributed by atoms with E-state index in [1.54, 1.807) is 12.1 Å². The first kappa shape index (κ1) is 36.8. The number of nitrogens with zero attached hydrogens (tertiary/aromatic N) is 2. The molecular weight excluding hydrogens is 673 g/mol. The highest BCUT2D eigenvalue weighted by atomic mass is 16.5. The largest absolute Gasteiger partial charge is 0.423 e. The van der Waals surface area contributed by atoms with Gasteiger partial charge >= 0.3 is 11.9 Å². The third-order valence-corrected chi connectivity index (χ3v) is 9.17. The van der Waals surface area contributed by atoms with Crippen molar-refractivity contribution in [3.05, 3.63) is 140 Å². The van der Waals surface area contributed by atoms with E-state index in [1.165, 1.54) is 6.08 Å². The Balaban J connectivity index is 0.00000245. The number of hydrazine groups is 1. The molecule has 0 amide bonds. The molecule has 0 saturated carbocycles. The van der Waals surface area contributed by atoms with E-state index in [0.29, 0.717) is 17.2 Å². The second kappa shape index (κ2) is 15.8. The van der Waals surface area contributed by atoms with Crippen molar-refractivity contribution in [3.63, 3.8) is 0 Å². The number of aliphatic imine (C=N–C) groups is 1. The number of aryl methyl sites for hydroxylation is 2. The highest BCUT2D eigenvalue weighted by molar-refractivity contribution is 6.22. The summed E-state index contributed by atoms with van der Waals surface area (Å²) in [5, 5.41) is 12.8. The van der Waals surface area contributed by atoms with E-state index in [4.69, 9.17) is 9.47 Å². The van der Waals surface area contributed by atoms with Gasteiger partial charge in [-0.25, -0.2) is 9.59 Å². The van der Waals surface area contributed by atoms with Crippen LogP contribution in [0.2, 0.25) is 0 Å². The molecular formula is C46H42N4O4. The predicted molar refractivity (Wildman–Crippen MR) is 226 cm³/mol. The average Bonchev–Trinajstić information content (AvgIpc) is 3.19. The highest BCUT2D eigenvalue weighted by Gasteiger charge is 2.20. The molecule has 0 bridgehead atoms. The molecule has 0 saturated heterocycles.